The van der Waals surface area contributed by atoms with E-state index in [0.29, 0.717) is 0 Å². The monoisotopic (exact) mass is 354 g/mol. The Morgan fingerprint density at radius 1 is 1.22 bits per heavy atom. The molecule has 2 rings (SSSR count). The molecule has 5 heteroatoms. The van der Waals surface area contributed by atoms with Gasteiger partial charge in [-0.1, -0.05) is 0 Å². The first-order valence-corrected chi connectivity index (χ1v) is 8.31. The number of hydrogen-bond acceptors (Lipinski definition) is 4. The number of methoxy groups -OCH3 is 1. The average molecular weight is 354 g/mol. The van der Waals surface area contributed by atoms with Crippen molar-refractivity contribution >= 4 is 10.3 Å². The maximum absolute atomic E-state index is 6.09. The van der Waals surface area contributed by atoms with Crippen LogP contribution < -0.4 is 4.90 Å². The van der Waals surface area contributed by atoms with Gasteiger partial charge in [-0.2, -0.15) is 0 Å². The second kappa shape index (κ2) is 6.78. The number of allylic oxidation sites excluding steroid dienone is 1. The average Bonchev–Trinajstić information content (AvgIpc) is 2.84. The van der Waals surface area contributed by atoms with Crippen molar-refractivity contribution in [1.29, 1.82) is 0 Å². The molecule has 4 nitrogen and oxygen atoms in total. The zero-order valence-corrected chi connectivity index (χ0v) is 16.3. The Labute approximate surface area is 147 Å². The third-order valence-corrected chi connectivity index (χ3v) is 4.53. The van der Waals surface area contributed by atoms with Gasteiger partial charge in [0.15, 0.2) is 0 Å². The summed E-state index contributed by atoms with van der Waals surface area (Å²) in [4.78, 5) is 8.18. The van der Waals surface area contributed by atoms with Crippen molar-refractivity contribution in [2.75, 3.05) is 33.2 Å². The van der Waals surface area contributed by atoms with E-state index in [1.165, 1.54) is 11.3 Å². The summed E-state index contributed by atoms with van der Waals surface area (Å²) in [5.41, 5.74) is 3.32. The van der Waals surface area contributed by atoms with Crippen LogP contribution in [-0.2, 0) is 25.4 Å². The molecule has 1 unspecified atom stereocenters. The molecule has 0 bridgehead atoms. The van der Waals surface area contributed by atoms with Crippen LogP contribution in [0, 0.1) is 5.41 Å². The van der Waals surface area contributed by atoms with Gasteiger partial charge in [0.1, 0.15) is 0 Å². The van der Waals surface area contributed by atoms with Gasteiger partial charge in [-0.15, -0.1) is 0 Å². The summed E-state index contributed by atoms with van der Waals surface area (Å²) in [6.45, 7) is 6.45. The third-order valence-electron chi connectivity index (χ3n) is 3.93. The van der Waals surface area contributed by atoms with Crippen molar-refractivity contribution in [3.05, 3.63) is 41.2 Å². The first-order chi connectivity index (χ1) is 10.7. The third kappa shape index (κ3) is 3.70. The van der Waals surface area contributed by atoms with Crippen LogP contribution in [0.1, 0.15) is 32.4 Å². The first-order valence-electron chi connectivity index (χ1n) is 7.68. The van der Waals surface area contributed by atoms with E-state index in [1.54, 1.807) is 7.11 Å². The Bertz CT molecular complexity index is 615. The molecule has 1 aliphatic rings. The second-order valence-electron chi connectivity index (χ2n) is 7.01. The number of hydrogen-bond donors (Lipinski definition) is 0. The van der Waals surface area contributed by atoms with Crippen molar-refractivity contribution in [3.8, 4) is 0 Å². The molecule has 1 aliphatic heterocycles. The molecule has 0 fully saturated rings. The molecule has 0 saturated carbocycles. The van der Waals surface area contributed by atoms with E-state index in [0.717, 1.165) is 15.9 Å². The first kappa shape index (κ1) is 18.2. The van der Waals surface area contributed by atoms with Crippen LogP contribution in [0.2, 0.25) is 0 Å². The van der Waals surface area contributed by atoms with Crippen LogP contribution in [0.3, 0.4) is 0 Å². The molecule has 126 valence electrons. The van der Waals surface area contributed by atoms with Crippen molar-refractivity contribution in [2.24, 2.45) is 5.41 Å². The number of anilines is 1. The van der Waals surface area contributed by atoms with Gasteiger partial charge in [-0.3, -0.25) is 0 Å². The molecule has 0 amide bonds. The minimum absolute atomic E-state index is 0.0108. The summed E-state index contributed by atoms with van der Waals surface area (Å²) in [5, 5.41) is 1.90. The van der Waals surface area contributed by atoms with Crippen molar-refractivity contribution in [3.63, 3.8) is 0 Å². The molecule has 23 heavy (non-hydrogen) atoms. The Morgan fingerprint density at radius 2 is 1.78 bits per heavy atom. The Hall–Kier alpha value is -1.12. The zero-order valence-electron chi connectivity index (χ0n) is 15.0. The van der Waals surface area contributed by atoms with Crippen molar-refractivity contribution < 1.29 is 25.4 Å². The van der Waals surface area contributed by atoms with Crippen LogP contribution in [-0.4, -0.2) is 37.9 Å². The van der Waals surface area contributed by atoms with Gasteiger partial charge < -0.3 is 0 Å². The Morgan fingerprint density at radius 3 is 2.22 bits per heavy atom. The van der Waals surface area contributed by atoms with E-state index >= 15 is 0 Å². The summed E-state index contributed by atoms with van der Waals surface area (Å²) in [6.07, 6.45) is 0. The van der Waals surface area contributed by atoms with Gasteiger partial charge in [0.2, 0.25) is 0 Å². The molecule has 1 aromatic carbocycles. The van der Waals surface area contributed by atoms with E-state index in [2.05, 4.69) is 65.8 Å². The van der Waals surface area contributed by atoms with Crippen LogP contribution in [0.4, 0.5) is 5.69 Å². The number of benzene rings is 1. The summed E-state index contributed by atoms with van der Waals surface area (Å²) in [6, 6.07) is 8.56. The standard InChI is InChI=1S/C18H26N2O2.Cr/c1-18(2,3)17-15(12-21-7)16(20(6)22-17)13-8-10-14(11-9-13)19(4)5;/h8-11,16H,1-7H3;. The van der Waals surface area contributed by atoms with E-state index in [9.17, 15) is 0 Å². The molecule has 0 aliphatic carbocycles. The normalized spacial score (nSPS) is 19.0. The summed E-state index contributed by atoms with van der Waals surface area (Å²) in [5.74, 6) is 0.942. The Kier molecular flexibility index (Phi) is 5.38. The molecular formula is C18H26CrN2O2. The molecule has 0 saturated heterocycles. The quantitative estimate of drug-likeness (QED) is 0.828. The number of likely N-dealkylation sites (N-methyl/N-ethyl adjacent to an activating group) is 1. The second-order valence-corrected chi connectivity index (χ2v) is 7.59. The number of ether oxygens (including phenoxy) is 1. The van der Waals surface area contributed by atoms with Crippen molar-refractivity contribution in [2.45, 2.75) is 26.8 Å². The van der Waals surface area contributed by atoms with E-state index in [-0.39, 0.29) is 11.5 Å². The van der Waals surface area contributed by atoms with Crippen LogP contribution in [0.15, 0.2) is 35.6 Å². The topological polar surface area (TPSA) is 24.9 Å². The van der Waals surface area contributed by atoms with Gasteiger partial charge in [0.05, 0.1) is 0 Å². The van der Waals surface area contributed by atoms with Gasteiger partial charge >= 0.3 is 147 Å². The Balaban J connectivity index is 2.50. The van der Waals surface area contributed by atoms with Crippen LogP contribution in [0.25, 0.3) is 0 Å². The fraction of sp³-hybridized carbons (Fsp3) is 0.500. The molecule has 1 aromatic rings. The predicted molar refractivity (Wildman–Crippen MR) is 90.9 cm³/mol. The molecular weight excluding hydrogens is 328 g/mol. The van der Waals surface area contributed by atoms with E-state index in [4.69, 9.17) is 9.57 Å². The van der Waals surface area contributed by atoms with E-state index in [1.807, 2.05) is 26.2 Å². The zero-order chi connectivity index (χ0) is 17.4. The van der Waals surface area contributed by atoms with Crippen LogP contribution >= 0.6 is 0 Å². The minimum atomic E-state index is -0.102. The van der Waals surface area contributed by atoms with E-state index < -0.39 is 0 Å². The number of rotatable bonds is 4. The van der Waals surface area contributed by atoms with Gasteiger partial charge in [0.25, 0.3) is 0 Å². The fourth-order valence-corrected chi connectivity index (χ4v) is 3.06. The molecule has 1 atom stereocenters. The molecule has 0 aromatic heterocycles. The summed E-state index contributed by atoms with van der Waals surface area (Å²) in [7, 11) is 7.73. The molecule has 0 N–H and O–H groups in total. The molecule has 0 spiro atoms. The maximum atomic E-state index is 6.09. The molecule has 1 heterocycles. The SMILES string of the molecule is CO[C](=[Cr])C1=C(C(C)(C)C)ON(C)C1c1ccc(N(C)C)cc1. The molecule has 0 radical (unpaired) electrons. The predicted octanol–water partition coefficient (Wildman–Crippen LogP) is 3.29. The van der Waals surface area contributed by atoms with Crippen molar-refractivity contribution in [1.82, 2.24) is 5.06 Å². The fourth-order valence-electron chi connectivity index (χ4n) is 2.74. The van der Waals surface area contributed by atoms with Gasteiger partial charge in [-0.25, -0.2) is 0 Å². The summed E-state index contributed by atoms with van der Waals surface area (Å²) >= 11 is 3.04. The van der Waals surface area contributed by atoms with Crippen LogP contribution in [0.5, 0.6) is 0 Å². The number of hydroxylamine groups is 2. The summed E-state index contributed by atoms with van der Waals surface area (Å²) < 4.78 is 6.29. The van der Waals surface area contributed by atoms with Gasteiger partial charge in [-0.05, 0) is 0 Å². The van der Waals surface area contributed by atoms with Gasteiger partial charge in [0, 0.05) is 0 Å². The number of nitrogens with zero attached hydrogens (tertiary/aromatic N) is 2.